The van der Waals surface area contributed by atoms with Gasteiger partial charge in [-0.1, -0.05) is 49.4 Å². The third kappa shape index (κ3) is 17.2. The fraction of sp³-hybridized carbons (Fsp3) is 0.619. The minimum Gasteiger partial charge on any atom is -0.480 e. The summed E-state index contributed by atoms with van der Waals surface area (Å²) in [7, 11) is 1.60. The van der Waals surface area contributed by atoms with Crippen molar-refractivity contribution in [2.24, 2.45) is 17.2 Å². The number of anilines is 5. The first-order valence-electron chi connectivity index (χ1n) is 31.9. The van der Waals surface area contributed by atoms with Crippen LogP contribution >= 0.6 is 34.3 Å². The van der Waals surface area contributed by atoms with Gasteiger partial charge < -0.3 is 76.4 Å². The number of likely N-dealkylation sites (tertiary alicyclic amines) is 2. The zero-order valence-corrected chi connectivity index (χ0v) is 55.5. The van der Waals surface area contributed by atoms with Crippen molar-refractivity contribution in [3.63, 3.8) is 0 Å². The number of aromatic nitrogens is 6. The lowest BCUT2D eigenvalue weighted by Gasteiger charge is -2.35. The fourth-order valence-electron chi connectivity index (χ4n) is 11.9. The Kier molecular flexibility index (Phi) is 22.1. The molecular weight excluding hydrogens is 1210 g/mol. The molecule has 4 aromatic heterocycles. The number of nitrogens with zero attached hydrogens (tertiary/aromatic N) is 9. The number of ether oxygens (including phenoxy) is 5. The molecule has 4 aliphatic heterocycles. The number of carbonyl (C=O) groups is 2. The highest BCUT2D eigenvalue weighted by Crippen LogP contribution is 2.43. The number of aromatic amines is 1. The number of para-hydroxylation sites is 2. The number of hydrogen-bond donors (Lipinski definition) is 7. The highest BCUT2D eigenvalue weighted by Gasteiger charge is 2.34. The number of fused-ring (bicyclic) bond motifs is 2. The molecule has 24 nitrogen and oxygen atoms in total. The molecule has 12 rings (SSSR count). The van der Waals surface area contributed by atoms with Crippen LogP contribution in [0.5, 0.6) is 5.88 Å². The maximum absolute atomic E-state index is 13.9. The van der Waals surface area contributed by atoms with E-state index in [4.69, 9.17) is 77.4 Å². The molecular formula is C63H91ClN16O8S2. The molecule has 6 atom stereocenters. The van der Waals surface area contributed by atoms with Gasteiger partial charge in [0.2, 0.25) is 17.8 Å². The van der Waals surface area contributed by atoms with Gasteiger partial charge in [-0.3, -0.25) is 9.78 Å². The Hall–Kier alpha value is -6.39. The van der Waals surface area contributed by atoms with E-state index in [-0.39, 0.29) is 54.0 Å². The summed E-state index contributed by atoms with van der Waals surface area (Å²) in [5.74, 6) is 2.58. The molecule has 4 saturated heterocycles. The summed E-state index contributed by atoms with van der Waals surface area (Å²) < 4.78 is 30.1. The number of nitrogens with one attached hydrogen (secondary N) is 4. The van der Waals surface area contributed by atoms with Crippen LogP contribution in [0.25, 0.3) is 41.6 Å². The second kappa shape index (κ2) is 29.9. The van der Waals surface area contributed by atoms with E-state index in [1.54, 1.807) is 16.9 Å². The van der Waals surface area contributed by atoms with Gasteiger partial charge in [0.25, 0.3) is 5.56 Å². The Balaban J connectivity index is 0.000000177. The SMILES string of the molecule is CC(C)(C)OC(=O)N1CCC[C@@H](Nc2nc(N3CCOCC3)[nH]c(=O)c2-c2nc3c(NC4CCCCC4N)cccc3s2)C1.COc1nc(N2CCOCC2)nc(N[C@@H]2CCCN(C(=O)OC(C)(C)C)C2)c1-c1nc2c(Cl)cccc2s1.NC1CCCCC1N. The Morgan fingerprint density at radius 2 is 1.12 bits per heavy atom. The van der Waals surface area contributed by atoms with E-state index in [1.807, 2.05) is 82.8 Å². The summed E-state index contributed by atoms with van der Waals surface area (Å²) in [6.07, 6.45) is 11.9. The summed E-state index contributed by atoms with van der Waals surface area (Å²) in [6, 6.07) is 12.5. The van der Waals surface area contributed by atoms with Crippen molar-refractivity contribution in [3.05, 3.63) is 51.8 Å². The molecule has 0 radical (unpaired) electrons. The van der Waals surface area contributed by atoms with Crippen LogP contribution in [0.15, 0.2) is 41.2 Å². The number of morpholine rings is 2. The Bertz CT molecular complexity index is 3450. The molecule has 27 heteroatoms. The summed E-state index contributed by atoms with van der Waals surface area (Å²) >= 11 is 9.42. The van der Waals surface area contributed by atoms with Gasteiger partial charge in [-0.25, -0.2) is 19.6 Å². The molecule has 2 aromatic carbocycles. The number of nitrogens with two attached hydrogens (primary N) is 3. The maximum Gasteiger partial charge on any atom is 0.410 e. The van der Waals surface area contributed by atoms with E-state index in [2.05, 4.69) is 25.8 Å². The molecule has 6 aliphatic rings. The van der Waals surface area contributed by atoms with Crippen molar-refractivity contribution in [2.45, 2.75) is 166 Å². The lowest BCUT2D eigenvalue weighted by atomic mass is 9.91. The van der Waals surface area contributed by atoms with E-state index < -0.39 is 11.2 Å². The number of halogens is 1. The third-order valence-electron chi connectivity index (χ3n) is 16.6. The quantitative estimate of drug-likeness (QED) is 0.0635. The fourth-order valence-corrected chi connectivity index (χ4v) is 14.3. The monoisotopic (exact) mass is 1300 g/mol. The number of H-pyrrole nitrogens is 1. The van der Waals surface area contributed by atoms with Crippen LogP contribution in [-0.2, 0) is 18.9 Å². The molecule has 0 bridgehead atoms. The molecule has 0 spiro atoms. The molecule has 490 valence electrons. The predicted octanol–water partition coefficient (Wildman–Crippen LogP) is 9.65. The number of hydrogen-bond acceptors (Lipinski definition) is 23. The number of thiazole rings is 2. The average molecular weight is 1300 g/mol. The van der Waals surface area contributed by atoms with Crippen LogP contribution in [0.4, 0.5) is 38.8 Å². The van der Waals surface area contributed by atoms with Gasteiger partial charge >= 0.3 is 12.2 Å². The number of rotatable bonds is 11. The van der Waals surface area contributed by atoms with Crippen LogP contribution in [0.1, 0.15) is 119 Å². The van der Waals surface area contributed by atoms with Gasteiger partial charge in [-0.2, -0.15) is 15.0 Å². The van der Waals surface area contributed by atoms with E-state index >= 15 is 0 Å². The minimum absolute atomic E-state index is 0.0369. The van der Waals surface area contributed by atoms with Gasteiger partial charge in [0.15, 0.2) is 0 Å². The number of piperidine rings is 2. The second-order valence-electron chi connectivity index (χ2n) is 26.0. The van der Waals surface area contributed by atoms with Gasteiger partial charge in [-0.15, -0.1) is 22.7 Å². The standard InChI is InChI=1S/C31H44N8O4S.C26H33ClN6O4S.C6H14N2/c1-31(2,3)43-30(41)39-13-7-8-19(18-39)33-26-24(27(40)37-29(36-26)38-14-16-42-17-15-38)28-35-25-22(11-6-12-23(25)44-28)34-21-10-5-4-9-20(21)32;1-26(2,3)37-25(34)33-10-6-7-16(15-33)28-21-19(23-29-20-17(27)8-5-9-18(20)38-23)22(35-4)31-24(30-21)32-11-13-36-14-12-32;7-5-3-1-2-4-6(5)8/h6,11-12,19-21,34H,4-5,7-10,13-18,32H2,1-3H3,(H2,33,36,37,40);5,8-9,16H,6-7,10-15H2,1-4H3,(H,28,30,31);5-6H,1-4,7-8H2/t19-,20?,21?;16-;/m11./s1. The van der Waals surface area contributed by atoms with Crippen molar-refractivity contribution in [1.82, 2.24) is 39.7 Å². The molecule has 90 heavy (non-hydrogen) atoms. The summed E-state index contributed by atoms with van der Waals surface area (Å²) in [4.78, 5) is 74.7. The zero-order valence-electron chi connectivity index (χ0n) is 53.1. The van der Waals surface area contributed by atoms with E-state index in [0.29, 0.717) is 134 Å². The van der Waals surface area contributed by atoms with Crippen molar-refractivity contribution >= 4 is 96.1 Å². The number of methoxy groups -OCH3 is 1. The number of carbonyl (C=O) groups excluding carboxylic acids is 2. The molecule has 6 aromatic rings. The van der Waals surface area contributed by atoms with Crippen molar-refractivity contribution < 1.29 is 33.3 Å². The van der Waals surface area contributed by atoms with E-state index in [0.717, 1.165) is 90.3 Å². The van der Waals surface area contributed by atoms with E-state index in [9.17, 15) is 14.4 Å². The highest BCUT2D eigenvalue weighted by atomic mass is 35.5. The Morgan fingerprint density at radius 3 is 1.67 bits per heavy atom. The first-order chi connectivity index (χ1) is 43.2. The van der Waals surface area contributed by atoms with Crippen LogP contribution in [0, 0.1) is 0 Å². The van der Waals surface area contributed by atoms with Gasteiger partial charge in [0, 0.05) is 88.6 Å². The first kappa shape index (κ1) is 66.5. The van der Waals surface area contributed by atoms with E-state index in [1.165, 1.54) is 35.5 Å². The Morgan fingerprint density at radius 1 is 0.611 bits per heavy atom. The van der Waals surface area contributed by atoms with Gasteiger partial charge in [-0.05, 0) is 117 Å². The average Bonchev–Trinajstić information content (AvgIpc) is 1.58. The van der Waals surface area contributed by atoms with Crippen LogP contribution in [0.2, 0.25) is 5.02 Å². The lowest BCUT2D eigenvalue weighted by Crippen LogP contribution is -2.47. The predicted molar refractivity (Wildman–Crippen MR) is 359 cm³/mol. The topological polar surface area (TPSA) is 305 Å². The maximum atomic E-state index is 13.9. The van der Waals surface area contributed by atoms with Gasteiger partial charge in [0.1, 0.15) is 55.0 Å². The molecule has 2 aliphatic carbocycles. The molecule has 2 saturated carbocycles. The summed E-state index contributed by atoms with van der Waals surface area (Å²) in [6.45, 7) is 18.5. The van der Waals surface area contributed by atoms with Crippen LogP contribution in [-0.4, -0.2) is 185 Å². The molecule has 8 heterocycles. The molecule has 4 unspecified atom stereocenters. The van der Waals surface area contributed by atoms with Crippen LogP contribution in [0.3, 0.4) is 0 Å². The normalized spacial score (nSPS) is 22.6. The Labute approximate surface area is 540 Å². The summed E-state index contributed by atoms with van der Waals surface area (Å²) in [5, 5.41) is 12.7. The number of amides is 2. The molecule has 2 amide bonds. The second-order valence-corrected chi connectivity index (χ2v) is 28.4. The lowest BCUT2D eigenvalue weighted by molar-refractivity contribution is 0.0196. The zero-order chi connectivity index (χ0) is 63.7. The molecule has 10 N–H and O–H groups in total. The largest absolute Gasteiger partial charge is 0.480 e. The smallest absolute Gasteiger partial charge is 0.410 e. The molecule has 6 fully saturated rings. The minimum atomic E-state index is -0.575. The van der Waals surface area contributed by atoms with Crippen molar-refractivity contribution in [1.29, 1.82) is 0 Å². The van der Waals surface area contributed by atoms with Crippen molar-refractivity contribution in [2.75, 3.05) is 112 Å². The first-order valence-corrected chi connectivity index (χ1v) is 33.9. The highest BCUT2D eigenvalue weighted by molar-refractivity contribution is 7.22. The number of benzene rings is 2. The van der Waals surface area contributed by atoms with Gasteiger partial charge in [0.05, 0.1) is 53.6 Å². The third-order valence-corrected chi connectivity index (χ3v) is 19.0. The summed E-state index contributed by atoms with van der Waals surface area (Å²) in [5.41, 5.74) is 19.9. The van der Waals surface area contributed by atoms with Crippen molar-refractivity contribution in [3.8, 4) is 27.0 Å². The van der Waals surface area contributed by atoms with Crippen LogP contribution < -0.4 is 53.2 Å².